The van der Waals surface area contributed by atoms with Gasteiger partial charge in [0.2, 0.25) is 0 Å². The second-order valence-corrected chi connectivity index (χ2v) is 4.11. The third kappa shape index (κ3) is 3.03. The average Bonchev–Trinajstić information content (AvgIpc) is 2.54. The standard InChI is InChI=1S/C10H19N2OS/c1-4-13-9-12-6-5-11(10(12)2)7-8-14-3/h5-6H,4,7-9H2,1-3H3/q+1. The van der Waals surface area contributed by atoms with E-state index in [0.717, 1.165) is 18.9 Å². The van der Waals surface area contributed by atoms with E-state index in [2.05, 4.69) is 34.7 Å². The van der Waals surface area contributed by atoms with Crippen LogP contribution in [0.2, 0.25) is 0 Å². The zero-order valence-corrected chi connectivity index (χ0v) is 10.0. The van der Waals surface area contributed by atoms with Crippen LogP contribution in [0.4, 0.5) is 0 Å². The van der Waals surface area contributed by atoms with Gasteiger partial charge < -0.3 is 4.74 Å². The van der Waals surface area contributed by atoms with Crippen molar-refractivity contribution < 1.29 is 9.30 Å². The molecule has 0 aliphatic rings. The smallest absolute Gasteiger partial charge is 0.255 e. The summed E-state index contributed by atoms with van der Waals surface area (Å²) in [6.45, 7) is 6.64. The Morgan fingerprint density at radius 1 is 1.57 bits per heavy atom. The molecule has 0 saturated heterocycles. The van der Waals surface area contributed by atoms with Crippen LogP contribution in [-0.4, -0.2) is 23.2 Å². The Morgan fingerprint density at radius 3 is 3.00 bits per heavy atom. The van der Waals surface area contributed by atoms with Crippen molar-refractivity contribution in [2.45, 2.75) is 27.1 Å². The molecule has 0 bridgehead atoms. The molecule has 3 nitrogen and oxygen atoms in total. The topological polar surface area (TPSA) is 18.0 Å². The zero-order chi connectivity index (χ0) is 10.4. The van der Waals surface area contributed by atoms with Crippen LogP contribution in [0.3, 0.4) is 0 Å². The maximum Gasteiger partial charge on any atom is 0.255 e. The molecular weight excluding hydrogens is 196 g/mol. The lowest BCUT2D eigenvalue weighted by atomic mass is 10.6. The fourth-order valence-corrected chi connectivity index (χ4v) is 1.67. The molecule has 0 aliphatic carbocycles. The van der Waals surface area contributed by atoms with Gasteiger partial charge in [0.15, 0.2) is 6.73 Å². The van der Waals surface area contributed by atoms with Crippen LogP contribution in [0.5, 0.6) is 0 Å². The molecule has 1 aromatic rings. The molecule has 0 aliphatic heterocycles. The monoisotopic (exact) mass is 215 g/mol. The number of aromatic nitrogens is 2. The largest absolute Gasteiger partial charge is 0.342 e. The Kier molecular flexibility index (Phi) is 5.04. The van der Waals surface area contributed by atoms with Gasteiger partial charge >= 0.3 is 0 Å². The second-order valence-electron chi connectivity index (χ2n) is 3.12. The van der Waals surface area contributed by atoms with Crippen molar-refractivity contribution in [2.24, 2.45) is 0 Å². The van der Waals surface area contributed by atoms with E-state index in [-0.39, 0.29) is 0 Å². The van der Waals surface area contributed by atoms with E-state index in [1.807, 2.05) is 18.7 Å². The number of hydrogen-bond acceptors (Lipinski definition) is 2. The fourth-order valence-electron chi connectivity index (χ4n) is 1.29. The summed E-state index contributed by atoms with van der Waals surface area (Å²) in [5, 5.41) is 0. The first-order valence-corrected chi connectivity index (χ1v) is 6.30. The van der Waals surface area contributed by atoms with E-state index in [0.29, 0.717) is 6.73 Å². The highest BCUT2D eigenvalue weighted by Gasteiger charge is 2.10. The summed E-state index contributed by atoms with van der Waals surface area (Å²) in [6, 6.07) is 0. The van der Waals surface area contributed by atoms with Gasteiger partial charge in [-0.15, -0.1) is 0 Å². The van der Waals surface area contributed by atoms with E-state index >= 15 is 0 Å². The third-order valence-electron chi connectivity index (χ3n) is 2.23. The number of rotatable bonds is 6. The lowest BCUT2D eigenvalue weighted by Crippen LogP contribution is -2.37. The van der Waals surface area contributed by atoms with Crippen molar-refractivity contribution >= 4 is 11.8 Å². The van der Waals surface area contributed by atoms with E-state index in [1.54, 1.807) is 0 Å². The predicted octanol–water partition coefficient (Wildman–Crippen LogP) is 1.44. The van der Waals surface area contributed by atoms with Crippen LogP contribution in [0, 0.1) is 6.92 Å². The summed E-state index contributed by atoms with van der Waals surface area (Å²) < 4.78 is 9.75. The van der Waals surface area contributed by atoms with Crippen LogP contribution in [0.1, 0.15) is 12.7 Å². The lowest BCUT2D eigenvalue weighted by molar-refractivity contribution is -0.737. The van der Waals surface area contributed by atoms with Gasteiger partial charge in [0, 0.05) is 19.3 Å². The lowest BCUT2D eigenvalue weighted by Gasteiger charge is -2.00. The second kappa shape index (κ2) is 6.09. The molecule has 0 saturated carbocycles. The first kappa shape index (κ1) is 11.6. The molecule has 80 valence electrons. The summed E-state index contributed by atoms with van der Waals surface area (Å²) in [7, 11) is 0. The minimum absolute atomic E-state index is 0.661. The fraction of sp³-hybridized carbons (Fsp3) is 0.700. The molecule has 0 spiro atoms. The SMILES string of the molecule is CCOC[n+]1ccn(CCSC)c1C. The molecule has 1 heterocycles. The maximum atomic E-state index is 5.36. The van der Waals surface area contributed by atoms with Crippen LogP contribution >= 0.6 is 11.8 Å². The van der Waals surface area contributed by atoms with Gasteiger partial charge in [-0.05, 0) is 13.2 Å². The van der Waals surface area contributed by atoms with Gasteiger partial charge in [0.1, 0.15) is 12.4 Å². The molecule has 0 aromatic carbocycles. The van der Waals surface area contributed by atoms with E-state index in [1.165, 1.54) is 5.82 Å². The Labute approximate surface area is 90.1 Å². The molecule has 1 aromatic heterocycles. The first-order valence-electron chi connectivity index (χ1n) is 4.91. The highest BCUT2D eigenvalue weighted by molar-refractivity contribution is 7.98. The third-order valence-corrected chi connectivity index (χ3v) is 2.82. The van der Waals surface area contributed by atoms with Crippen LogP contribution in [0.25, 0.3) is 0 Å². The summed E-state index contributed by atoms with van der Waals surface area (Å²) in [4.78, 5) is 0. The highest BCUT2D eigenvalue weighted by Crippen LogP contribution is 1.98. The molecule has 0 unspecified atom stereocenters. The van der Waals surface area contributed by atoms with Gasteiger partial charge in [0.25, 0.3) is 5.82 Å². The van der Waals surface area contributed by atoms with Crippen molar-refractivity contribution in [3.63, 3.8) is 0 Å². The van der Waals surface area contributed by atoms with Gasteiger partial charge in [-0.2, -0.15) is 11.8 Å². The van der Waals surface area contributed by atoms with Crippen molar-refractivity contribution in [1.29, 1.82) is 0 Å². The maximum absolute atomic E-state index is 5.36. The van der Waals surface area contributed by atoms with E-state index < -0.39 is 0 Å². The normalized spacial score (nSPS) is 10.8. The van der Waals surface area contributed by atoms with Gasteiger partial charge in [-0.3, -0.25) is 0 Å². The molecular formula is C10H19N2OS+. The van der Waals surface area contributed by atoms with Crippen LogP contribution in [-0.2, 0) is 18.0 Å². The molecule has 0 radical (unpaired) electrons. The Morgan fingerprint density at radius 2 is 2.36 bits per heavy atom. The molecule has 0 atom stereocenters. The average molecular weight is 215 g/mol. The summed E-state index contributed by atoms with van der Waals surface area (Å²) in [5.74, 6) is 2.41. The Balaban J connectivity index is 2.55. The number of ether oxygens (including phenoxy) is 1. The van der Waals surface area contributed by atoms with Crippen molar-refractivity contribution in [3.8, 4) is 0 Å². The van der Waals surface area contributed by atoms with Gasteiger partial charge in [0.05, 0.1) is 6.54 Å². The summed E-state index contributed by atoms with van der Waals surface area (Å²) in [5.41, 5.74) is 0. The molecule has 0 fully saturated rings. The predicted molar refractivity (Wildman–Crippen MR) is 59.4 cm³/mol. The number of thioether (sulfide) groups is 1. The number of aryl methyl sites for hydroxylation is 1. The Hall–Kier alpha value is -0.480. The van der Waals surface area contributed by atoms with Gasteiger partial charge in [-0.1, -0.05) is 0 Å². The van der Waals surface area contributed by atoms with Crippen LogP contribution < -0.4 is 4.57 Å². The molecule has 4 heteroatoms. The summed E-state index contributed by atoms with van der Waals surface area (Å²) in [6.07, 6.45) is 6.32. The van der Waals surface area contributed by atoms with Crippen LogP contribution in [0.15, 0.2) is 12.4 Å². The molecule has 14 heavy (non-hydrogen) atoms. The first-order chi connectivity index (χ1) is 6.79. The highest BCUT2D eigenvalue weighted by atomic mass is 32.2. The molecule has 0 N–H and O–H groups in total. The Bertz CT molecular complexity index is 248. The van der Waals surface area contributed by atoms with Crippen molar-refractivity contribution in [2.75, 3.05) is 18.6 Å². The number of hydrogen-bond donors (Lipinski definition) is 0. The number of imidazole rings is 1. The van der Waals surface area contributed by atoms with Crippen molar-refractivity contribution in [1.82, 2.24) is 4.57 Å². The molecule has 0 amide bonds. The molecule has 1 rings (SSSR count). The van der Waals surface area contributed by atoms with E-state index in [9.17, 15) is 0 Å². The summed E-state index contributed by atoms with van der Waals surface area (Å²) >= 11 is 1.87. The minimum Gasteiger partial charge on any atom is -0.342 e. The van der Waals surface area contributed by atoms with E-state index in [4.69, 9.17) is 4.74 Å². The minimum atomic E-state index is 0.661. The van der Waals surface area contributed by atoms with Gasteiger partial charge in [-0.25, -0.2) is 9.13 Å². The zero-order valence-electron chi connectivity index (χ0n) is 9.19. The van der Waals surface area contributed by atoms with Crippen molar-refractivity contribution in [3.05, 3.63) is 18.2 Å². The number of nitrogens with zero attached hydrogens (tertiary/aromatic N) is 2. The quantitative estimate of drug-likeness (QED) is 0.668.